The first kappa shape index (κ1) is 22.2. The van der Waals surface area contributed by atoms with E-state index in [1.807, 2.05) is 29.7 Å². The van der Waals surface area contributed by atoms with E-state index >= 15 is 0 Å². The molecule has 0 bridgehead atoms. The maximum atomic E-state index is 12.3. The number of imidazole rings is 1. The summed E-state index contributed by atoms with van der Waals surface area (Å²) in [5, 5.41) is 21.6. The molecule has 0 spiro atoms. The van der Waals surface area contributed by atoms with Crippen LogP contribution in [0.3, 0.4) is 0 Å². The fourth-order valence-electron chi connectivity index (χ4n) is 4.17. The van der Waals surface area contributed by atoms with E-state index in [1.54, 1.807) is 13.0 Å². The molecule has 8 nitrogen and oxygen atoms in total. The van der Waals surface area contributed by atoms with Gasteiger partial charge in [-0.05, 0) is 19.1 Å². The van der Waals surface area contributed by atoms with Crippen molar-refractivity contribution in [1.29, 1.82) is 0 Å². The first-order valence-corrected chi connectivity index (χ1v) is 10.1. The first-order chi connectivity index (χ1) is 13.3. The third kappa shape index (κ3) is 3.59. The Balaban J connectivity index is 0.00000240. The van der Waals surface area contributed by atoms with Crippen molar-refractivity contribution >= 4 is 35.1 Å². The van der Waals surface area contributed by atoms with Crippen molar-refractivity contribution in [2.45, 2.75) is 32.4 Å². The molecule has 10 heteroatoms. The van der Waals surface area contributed by atoms with Gasteiger partial charge < -0.3 is 25.6 Å². The predicted octanol–water partition coefficient (Wildman–Crippen LogP) is -2.98. The Kier molecular flexibility index (Phi) is 6.35. The number of nitrogen functional groups attached to an aromatic ring is 1. The standard InChI is InChI=1S/C19H22N4O4S.Na/c1-9-15-14(10(2)24)18(25)23(15)16(19(26)27)17(9)28-7-6-11-8-22-12(20)4-3-5-13(22)21-11;/h3-5,8-10,14-15,24H,6-7,20H2,1-2H3,(H,26,27);/q;+1/p-1/t9-,10-,14-,15-;/m1./s1. The average molecular weight is 424 g/mol. The van der Waals surface area contributed by atoms with Gasteiger partial charge in [0.25, 0.3) is 0 Å². The van der Waals surface area contributed by atoms with E-state index in [-0.39, 0.29) is 53.1 Å². The molecule has 1 saturated heterocycles. The molecule has 2 aromatic rings. The molecule has 0 unspecified atom stereocenters. The van der Waals surface area contributed by atoms with Gasteiger partial charge in [-0.1, -0.05) is 13.0 Å². The second-order valence-corrected chi connectivity index (χ2v) is 8.40. The second kappa shape index (κ2) is 8.31. The number of aryl methyl sites for hydroxylation is 1. The van der Waals surface area contributed by atoms with Crippen LogP contribution in [0.4, 0.5) is 5.82 Å². The molecule has 0 aliphatic carbocycles. The van der Waals surface area contributed by atoms with Crippen LogP contribution in [0.25, 0.3) is 5.65 Å². The van der Waals surface area contributed by atoms with Gasteiger partial charge in [-0.15, -0.1) is 11.8 Å². The van der Waals surface area contributed by atoms with Gasteiger partial charge >= 0.3 is 29.6 Å². The van der Waals surface area contributed by atoms with Crippen LogP contribution in [0.15, 0.2) is 35.0 Å². The van der Waals surface area contributed by atoms with Crippen LogP contribution in [0, 0.1) is 11.8 Å². The van der Waals surface area contributed by atoms with Crippen LogP contribution < -0.4 is 40.4 Å². The van der Waals surface area contributed by atoms with Crippen LogP contribution in [0.1, 0.15) is 19.5 Å². The van der Waals surface area contributed by atoms with Gasteiger partial charge in [0.1, 0.15) is 11.5 Å². The molecular weight excluding hydrogens is 403 g/mol. The number of hydrogen-bond acceptors (Lipinski definition) is 7. The number of hydrogen-bond donors (Lipinski definition) is 2. The molecule has 2 aromatic heterocycles. The molecule has 3 N–H and O–H groups in total. The van der Waals surface area contributed by atoms with Crippen molar-refractivity contribution in [1.82, 2.24) is 14.3 Å². The smallest absolute Gasteiger partial charge is 0.543 e. The van der Waals surface area contributed by atoms with Gasteiger partial charge in [-0.2, -0.15) is 0 Å². The molecule has 148 valence electrons. The van der Waals surface area contributed by atoms with Gasteiger partial charge in [0, 0.05) is 29.2 Å². The Morgan fingerprint density at radius 3 is 2.79 bits per heavy atom. The molecule has 4 heterocycles. The number of β-lactam (4-membered cyclic amide) rings is 1. The molecule has 0 saturated carbocycles. The summed E-state index contributed by atoms with van der Waals surface area (Å²) in [5.41, 5.74) is 7.50. The van der Waals surface area contributed by atoms with Crippen molar-refractivity contribution in [3.8, 4) is 0 Å². The zero-order valence-corrected chi connectivity index (χ0v) is 19.3. The zero-order chi connectivity index (χ0) is 20.2. The fourth-order valence-corrected chi connectivity index (χ4v) is 5.43. The van der Waals surface area contributed by atoms with Gasteiger partial charge in [0.2, 0.25) is 5.91 Å². The van der Waals surface area contributed by atoms with E-state index in [9.17, 15) is 19.8 Å². The van der Waals surface area contributed by atoms with Gasteiger partial charge in [-0.3, -0.25) is 9.20 Å². The van der Waals surface area contributed by atoms with Crippen molar-refractivity contribution < 1.29 is 49.4 Å². The van der Waals surface area contributed by atoms with Gasteiger partial charge in [0.05, 0.1) is 35.4 Å². The van der Waals surface area contributed by atoms with Crippen molar-refractivity contribution in [2.24, 2.45) is 11.8 Å². The zero-order valence-electron chi connectivity index (χ0n) is 16.5. The number of carboxylic acids is 1. The number of carbonyl (C=O) groups excluding carboxylic acids is 2. The van der Waals surface area contributed by atoms with Crippen LogP contribution in [0.2, 0.25) is 0 Å². The molecule has 29 heavy (non-hydrogen) atoms. The maximum absolute atomic E-state index is 12.3. The molecule has 0 aromatic carbocycles. The van der Waals surface area contributed by atoms with Crippen molar-refractivity contribution in [3.63, 3.8) is 0 Å². The molecule has 2 aliphatic heterocycles. The number of aromatic nitrogens is 2. The Bertz CT molecular complexity index is 1010. The molecule has 1 amide bonds. The number of aliphatic hydroxyl groups excluding tert-OH is 1. The largest absolute Gasteiger partial charge is 1.00 e. The summed E-state index contributed by atoms with van der Waals surface area (Å²) in [6.07, 6.45) is 1.69. The number of carboxylic acid groups (broad SMARTS) is 1. The molecular formula is C19H21N4NaO4S. The van der Waals surface area contributed by atoms with Gasteiger partial charge in [-0.25, -0.2) is 4.98 Å². The van der Waals surface area contributed by atoms with Crippen molar-refractivity contribution in [2.75, 3.05) is 11.5 Å². The maximum Gasteiger partial charge on any atom is 1.00 e. The quantitative estimate of drug-likeness (QED) is 0.375. The molecule has 1 fully saturated rings. The Labute approximate surface area is 194 Å². The van der Waals surface area contributed by atoms with E-state index in [2.05, 4.69) is 4.98 Å². The molecule has 0 radical (unpaired) electrons. The number of nitrogens with two attached hydrogens (primary N) is 1. The number of carbonyl (C=O) groups is 2. The minimum atomic E-state index is -1.35. The summed E-state index contributed by atoms with van der Waals surface area (Å²) in [5.74, 6) is -1.22. The summed E-state index contributed by atoms with van der Waals surface area (Å²) in [4.78, 5) is 30.5. The number of pyridine rings is 1. The average Bonchev–Trinajstić information content (AvgIpc) is 3.14. The van der Waals surface area contributed by atoms with Gasteiger partial charge in [0.15, 0.2) is 0 Å². The normalized spacial score (nSPS) is 24.3. The van der Waals surface area contributed by atoms with Crippen LogP contribution in [-0.4, -0.2) is 49.2 Å². The predicted molar refractivity (Wildman–Crippen MR) is 103 cm³/mol. The topological polar surface area (TPSA) is 124 Å². The third-order valence-electron chi connectivity index (χ3n) is 5.49. The second-order valence-electron chi connectivity index (χ2n) is 7.26. The van der Waals surface area contributed by atoms with Crippen LogP contribution >= 0.6 is 11.8 Å². The Hall–Kier alpha value is -1.52. The number of fused-ring (bicyclic) bond motifs is 2. The number of aliphatic carboxylic acids is 1. The summed E-state index contributed by atoms with van der Waals surface area (Å²) >= 11 is 1.40. The first-order valence-electron chi connectivity index (χ1n) is 9.13. The van der Waals surface area contributed by atoms with E-state index in [4.69, 9.17) is 5.73 Å². The van der Waals surface area contributed by atoms with E-state index in [0.29, 0.717) is 22.9 Å². The number of amides is 1. The Morgan fingerprint density at radius 1 is 1.45 bits per heavy atom. The van der Waals surface area contributed by atoms with E-state index in [1.165, 1.54) is 16.7 Å². The minimum Gasteiger partial charge on any atom is -0.543 e. The summed E-state index contributed by atoms with van der Waals surface area (Å²) < 4.78 is 1.81. The minimum absolute atomic E-state index is 0. The number of aliphatic hydroxyl groups is 1. The molecule has 4 atom stereocenters. The fraction of sp³-hybridized carbons (Fsp3) is 0.421. The van der Waals surface area contributed by atoms with Crippen LogP contribution in [0.5, 0.6) is 0 Å². The Morgan fingerprint density at radius 2 is 2.17 bits per heavy atom. The number of anilines is 1. The summed E-state index contributed by atoms with van der Waals surface area (Å²) in [6.45, 7) is 3.45. The third-order valence-corrected chi connectivity index (χ3v) is 6.78. The monoisotopic (exact) mass is 424 g/mol. The van der Waals surface area contributed by atoms with Crippen LogP contribution in [-0.2, 0) is 16.0 Å². The molecule has 4 rings (SSSR count). The van der Waals surface area contributed by atoms with E-state index < -0.39 is 18.0 Å². The summed E-state index contributed by atoms with van der Waals surface area (Å²) in [6, 6.07) is 5.19. The number of rotatable bonds is 6. The SMILES string of the molecule is C[C@@H](O)[C@H]1C(=O)N2C(C(=O)[O-])=C(SCCc3cn4c(N)cccc4n3)[C@H](C)[C@H]12.[Na+]. The number of thioether (sulfide) groups is 1. The number of nitrogens with zero attached hydrogens (tertiary/aromatic N) is 3. The summed E-state index contributed by atoms with van der Waals surface area (Å²) in [7, 11) is 0. The van der Waals surface area contributed by atoms with E-state index in [0.717, 1.165) is 11.3 Å². The van der Waals surface area contributed by atoms with Crippen molar-refractivity contribution in [3.05, 3.63) is 40.7 Å². The molecule has 2 aliphatic rings.